The lowest BCUT2D eigenvalue weighted by Crippen LogP contribution is -2.38. The number of carbonyl (C=O) groups excluding carboxylic acids is 2. The minimum Gasteiger partial charge on any atom is -0.391 e. The highest BCUT2D eigenvalue weighted by molar-refractivity contribution is 9.10. The standard InChI is InChI=1S/C15H18BrNO3/c1-15(2,3)7-10(18)8-17-13(19)11-5-4-9(16)6-12(11)14(17)20/h4-6,10,18H,7-8H2,1-3H3. The van der Waals surface area contributed by atoms with E-state index in [1.54, 1.807) is 18.2 Å². The van der Waals surface area contributed by atoms with Gasteiger partial charge in [-0.25, -0.2) is 0 Å². The van der Waals surface area contributed by atoms with E-state index < -0.39 is 6.10 Å². The maximum atomic E-state index is 12.2. The molecule has 1 aromatic carbocycles. The molecule has 0 aliphatic carbocycles. The summed E-state index contributed by atoms with van der Waals surface area (Å²) < 4.78 is 0.759. The fourth-order valence-corrected chi connectivity index (χ4v) is 2.77. The second-order valence-electron chi connectivity index (χ2n) is 6.33. The average Bonchev–Trinajstić information content (AvgIpc) is 2.52. The first-order valence-corrected chi connectivity index (χ1v) is 7.32. The molecule has 2 amide bonds. The number of amides is 2. The van der Waals surface area contributed by atoms with Crippen LogP contribution in [0.5, 0.6) is 0 Å². The van der Waals surface area contributed by atoms with Crippen LogP contribution in [0, 0.1) is 5.41 Å². The lowest BCUT2D eigenvalue weighted by atomic mass is 9.89. The summed E-state index contributed by atoms with van der Waals surface area (Å²) in [6.45, 7) is 6.07. The molecule has 108 valence electrons. The van der Waals surface area contributed by atoms with Crippen LogP contribution in [0.1, 0.15) is 47.9 Å². The number of aliphatic hydroxyl groups is 1. The van der Waals surface area contributed by atoms with E-state index >= 15 is 0 Å². The number of halogens is 1. The first-order chi connectivity index (χ1) is 9.19. The molecule has 0 aromatic heterocycles. The number of hydrogen-bond donors (Lipinski definition) is 1. The third-order valence-electron chi connectivity index (χ3n) is 3.17. The van der Waals surface area contributed by atoms with Crippen LogP contribution < -0.4 is 0 Å². The van der Waals surface area contributed by atoms with Gasteiger partial charge in [0.15, 0.2) is 0 Å². The molecule has 1 aliphatic rings. The van der Waals surface area contributed by atoms with Crippen molar-refractivity contribution in [1.82, 2.24) is 4.90 Å². The van der Waals surface area contributed by atoms with Gasteiger partial charge in [-0.15, -0.1) is 0 Å². The van der Waals surface area contributed by atoms with E-state index in [2.05, 4.69) is 15.9 Å². The third-order valence-corrected chi connectivity index (χ3v) is 3.67. The number of fused-ring (bicyclic) bond motifs is 1. The predicted molar refractivity (Wildman–Crippen MR) is 79.6 cm³/mol. The number of nitrogens with zero attached hydrogens (tertiary/aromatic N) is 1. The summed E-state index contributed by atoms with van der Waals surface area (Å²) in [5.41, 5.74) is 0.745. The Balaban J connectivity index is 2.17. The van der Waals surface area contributed by atoms with Crippen molar-refractivity contribution < 1.29 is 14.7 Å². The lowest BCUT2D eigenvalue weighted by molar-refractivity contribution is 0.0475. The molecular formula is C15H18BrNO3. The Labute approximate surface area is 126 Å². The van der Waals surface area contributed by atoms with E-state index in [1.165, 1.54) is 0 Å². The maximum Gasteiger partial charge on any atom is 0.261 e. The summed E-state index contributed by atoms with van der Waals surface area (Å²) in [5, 5.41) is 10.1. The quantitative estimate of drug-likeness (QED) is 0.861. The molecule has 0 spiro atoms. The zero-order chi connectivity index (χ0) is 15.1. The Morgan fingerprint density at radius 3 is 2.40 bits per heavy atom. The van der Waals surface area contributed by atoms with E-state index in [0.29, 0.717) is 17.5 Å². The zero-order valence-corrected chi connectivity index (χ0v) is 13.4. The van der Waals surface area contributed by atoms with Crippen LogP contribution >= 0.6 is 15.9 Å². The number of aliphatic hydroxyl groups excluding tert-OH is 1. The first-order valence-electron chi connectivity index (χ1n) is 6.53. The number of rotatable bonds is 3. The number of β-amino-alcohol motifs (C(OH)–C–C–N with tert-alkyl or cyclic N) is 1. The Morgan fingerprint density at radius 2 is 1.80 bits per heavy atom. The van der Waals surface area contributed by atoms with Crippen LogP contribution in [0.15, 0.2) is 22.7 Å². The Hall–Kier alpha value is -1.20. The molecule has 1 aromatic rings. The molecule has 20 heavy (non-hydrogen) atoms. The lowest BCUT2D eigenvalue weighted by Gasteiger charge is -2.25. The van der Waals surface area contributed by atoms with E-state index in [-0.39, 0.29) is 23.8 Å². The number of hydrogen-bond acceptors (Lipinski definition) is 3. The summed E-state index contributed by atoms with van der Waals surface area (Å²) in [7, 11) is 0. The van der Waals surface area contributed by atoms with Crippen molar-refractivity contribution >= 4 is 27.7 Å². The monoisotopic (exact) mass is 339 g/mol. The SMILES string of the molecule is CC(C)(C)CC(O)CN1C(=O)c2ccc(Br)cc2C1=O. The van der Waals surface area contributed by atoms with Gasteiger partial charge in [0.05, 0.1) is 23.8 Å². The van der Waals surface area contributed by atoms with Crippen LogP contribution in [0.3, 0.4) is 0 Å². The Kier molecular flexibility index (Phi) is 4.02. The van der Waals surface area contributed by atoms with Gasteiger partial charge in [-0.05, 0) is 30.0 Å². The second kappa shape index (κ2) is 5.30. The van der Waals surface area contributed by atoms with Gasteiger partial charge < -0.3 is 5.11 Å². The third kappa shape index (κ3) is 3.10. The summed E-state index contributed by atoms with van der Waals surface area (Å²) >= 11 is 3.29. The van der Waals surface area contributed by atoms with Gasteiger partial charge in [0, 0.05) is 4.47 Å². The van der Waals surface area contributed by atoms with Crippen LogP contribution in [0.25, 0.3) is 0 Å². The van der Waals surface area contributed by atoms with E-state index in [0.717, 1.165) is 9.37 Å². The second-order valence-corrected chi connectivity index (χ2v) is 7.25. The number of carbonyl (C=O) groups is 2. The predicted octanol–water partition coefficient (Wildman–Crippen LogP) is 2.84. The molecule has 0 saturated carbocycles. The van der Waals surface area contributed by atoms with E-state index in [1.807, 2.05) is 20.8 Å². The molecule has 1 N–H and O–H groups in total. The zero-order valence-electron chi connectivity index (χ0n) is 11.8. The maximum absolute atomic E-state index is 12.2. The van der Waals surface area contributed by atoms with Gasteiger partial charge in [0.2, 0.25) is 0 Å². The van der Waals surface area contributed by atoms with E-state index in [9.17, 15) is 14.7 Å². The highest BCUT2D eigenvalue weighted by Crippen LogP contribution is 2.27. The minimum atomic E-state index is -0.708. The van der Waals surface area contributed by atoms with Gasteiger partial charge >= 0.3 is 0 Å². The molecule has 0 fully saturated rings. The molecule has 1 atom stereocenters. The van der Waals surface area contributed by atoms with Crippen molar-refractivity contribution in [2.24, 2.45) is 5.41 Å². The minimum absolute atomic E-state index is 0.0429. The molecule has 0 radical (unpaired) electrons. The van der Waals surface area contributed by atoms with Crippen molar-refractivity contribution in [1.29, 1.82) is 0 Å². The topological polar surface area (TPSA) is 57.6 Å². The van der Waals surface area contributed by atoms with E-state index in [4.69, 9.17) is 0 Å². The van der Waals surface area contributed by atoms with Crippen LogP contribution in [0.2, 0.25) is 0 Å². The normalized spacial score (nSPS) is 16.6. The molecule has 2 rings (SSSR count). The van der Waals surface area contributed by atoms with Gasteiger partial charge in [0.25, 0.3) is 11.8 Å². The molecule has 1 heterocycles. The summed E-state index contributed by atoms with van der Waals surface area (Å²) in [4.78, 5) is 25.6. The van der Waals surface area contributed by atoms with Crippen LogP contribution in [-0.4, -0.2) is 34.5 Å². The highest BCUT2D eigenvalue weighted by Gasteiger charge is 2.36. The average molecular weight is 340 g/mol. The van der Waals surface area contributed by atoms with Gasteiger partial charge in [-0.2, -0.15) is 0 Å². The number of imide groups is 1. The van der Waals surface area contributed by atoms with Crippen molar-refractivity contribution in [3.63, 3.8) is 0 Å². The van der Waals surface area contributed by atoms with Crippen molar-refractivity contribution in [3.05, 3.63) is 33.8 Å². The fourth-order valence-electron chi connectivity index (χ4n) is 2.41. The fraction of sp³-hybridized carbons (Fsp3) is 0.467. The molecule has 4 nitrogen and oxygen atoms in total. The Morgan fingerprint density at radius 1 is 1.20 bits per heavy atom. The molecule has 1 aliphatic heterocycles. The van der Waals surface area contributed by atoms with Gasteiger partial charge in [-0.1, -0.05) is 36.7 Å². The van der Waals surface area contributed by atoms with Crippen LogP contribution in [-0.2, 0) is 0 Å². The molecule has 0 bridgehead atoms. The first kappa shape index (κ1) is 15.2. The van der Waals surface area contributed by atoms with Crippen molar-refractivity contribution in [3.8, 4) is 0 Å². The van der Waals surface area contributed by atoms with Gasteiger partial charge in [0.1, 0.15) is 0 Å². The van der Waals surface area contributed by atoms with Gasteiger partial charge in [-0.3, -0.25) is 14.5 Å². The summed E-state index contributed by atoms with van der Waals surface area (Å²) in [6.07, 6.45) is -0.176. The number of benzene rings is 1. The largest absolute Gasteiger partial charge is 0.391 e. The van der Waals surface area contributed by atoms with Crippen molar-refractivity contribution in [2.45, 2.75) is 33.3 Å². The molecule has 1 unspecified atom stereocenters. The molecule has 0 saturated heterocycles. The smallest absolute Gasteiger partial charge is 0.261 e. The summed E-state index contributed by atoms with van der Waals surface area (Å²) in [6, 6.07) is 5.01. The molecular weight excluding hydrogens is 322 g/mol. The van der Waals surface area contributed by atoms with Crippen LogP contribution in [0.4, 0.5) is 0 Å². The highest BCUT2D eigenvalue weighted by atomic mass is 79.9. The Bertz CT molecular complexity index is 563. The van der Waals surface area contributed by atoms with Crippen molar-refractivity contribution in [2.75, 3.05) is 6.54 Å². The summed E-state index contributed by atoms with van der Waals surface area (Å²) in [5.74, 6) is -0.662. The molecule has 5 heteroatoms.